The molecule has 6 nitrogen and oxygen atoms in total. The highest BCUT2D eigenvalue weighted by Crippen LogP contribution is 2.25. The maximum absolute atomic E-state index is 11.8. The van der Waals surface area contributed by atoms with Gasteiger partial charge in [0.25, 0.3) is 5.91 Å². The molecule has 0 heterocycles. The zero-order valence-corrected chi connectivity index (χ0v) is 14.9. The van der Waals surface area contributed by atoms with E-state index in [-0.39, 0.29) is 12.5 Å². The van der Waals surface area contributed by atoms with E-state index in [4.69, 9.17) is 14.7 Å². The number of hydrogen-bond donors (Lipinski definition) is 1. The first-order valence-electron chi connectivity index (χ1n) is 8.46. The summed E-state index contributed by atoms with van der Waals surface area (Å²) in [6, 6.07) is 7.87. The van der Waals surface area contributed by atoms with Crippen molar-refractivity contribution in [3.63, 3.8) is 0 Å². The van der Waals surface area contributed by atoms with Crippen molar-refractivity contribution in [1.29, 1.82) is 5.26 Å². The van der Waals surface area contributed by atoms with Crippen molar-refractivity contribution in [2.45, 2.75) is 45.6 Å². The summed E-state index contributed by atoms with van der Waals surface area (Å²) in [5, 5.41) is 11.7. The molecular weight excluding hydrogens is 320 g/mol. The normalized spacial score (nSPS) is 15.0. The minimum absolute atomic E-state index is 0.0692. The second kappa shape index (κ2) is 8.02. The van der Waals surface area contributed by atoms with E-state index in [0.29, 0.717) is 5.75 Å². The maximum atomic E-state index is 11.8. The molecular formula is C19H24N2O4. The molecule has 0 aliphatic heterocycles. The highest BCUT2D eigenvalue weighted by Gasteiger charge is 2.30. The quantitative estimate of drug-likeness (QED) is 0.766. The minimum atomic E-state index is -0.996. The van der Waals surface area contributed by atoms with Crippen molar-refractivity contribution >= 4 is 11.9 Å². The van der Waals surface area contributed by atoms with Crippen molar-refractivity contribution in [3.05, 3.63) is 29.3 Å². The van der Waals surface area contributed by atoms with Gasteiger partial charge in [-0.15, -0.1) is 0 Å². The van der Waals surface area contributed by atoms with Gasteiger partial charge in [0.05, 0.1) is 6.07 Å². The number of rotatable bonds is 7. The second-order valence-corrected chi connectivity index (χ2v) is 6.75. The van der Waals surface area contributed by atoms with Crippen molar-refractivity contribution < 1.29 is 19.1 Å². The summed E-state index contributed by atoms with van der Waals surface area (Å²) >= 11 is 0. The zero-order valence-electron chi connectivity index (χ0n) is 14.9. The smallest absolute Gasteiger partial charge is 0.344 e. The molecule has 0 bridgehead atoms. The molecule has 0 spiro atoms. The molecule has 0 saturated heterocycles. The van der Waals surface area contributed by atoms with E-state index in [1.54, 1.807) is 6.92 Å². The van der Waals surface area contributed by atoms with Crippen LogP contribution in [0.4, 0.5) is 0 Å². The summed E-state index contributed by atoms with van der Waals surface area (Å²) < 4.78 is 10.3. The minimum Gasteiger partial charge on any atom is -0.482 e. The first-order valence-corrected chi connectivity index (χ1v) is 8.46. The molecule has 2 rings (SSSR count). The summed E-state index contributed by atoms with van der Waals surface area (Å²) in [6.07, 6.45) is 3.27. The van der Waals surface area contributed by atoms with Crippen LogP contribution in [0.25, 0.3) is 0 Å². The van der Waals surface area contributed by atoms with Crippen LogP contribution in [0.5, 0.6) is 5.75 Å². The lowest BCUT2D eigenvalue weighted by Gasteiger charge is -2.27. The number of hydrogen-bond acceptors (Lipinski definition) is 5. The Morgan fingerprint density at radius 3 is 2.68 bits per heavy atom. The fraction of sp³-hybridized carbons (Fsp3) is 0.526. The summed E-state index contributed by atoms with van der Waals surface area (Å²) in [4.78, 5) is 23.6. The van der Waals surface area contributed by atoms with Gasteiger partial charge in [-0.2, -0.15) is 5.26 Å². The molecule has 1 N–H and O–H groups in total. The third-order valence-corrected chi connectivity index (χ3v) is 4.58. The number of ether oxygens (including phenoxy) is 2. The van der Waals surface area contributed by atoms with E-state index < -0.39 is 24.0 Å². The Morgan fingerprint density at radius 2 is 2.00 bits per heavy atom. The SMILES string of the molecule is CC(C)[C@](C)(C#N)NC(=O)COC(=O)COc1ccc2c(c1)CCC2. The molecule has 1 amide bonds. The molecule has 25 heavy (non-hydrogen) atoms. The fourth-order valence-corrected chi connectivity index (χ4v) is 2.60. The van der Waals surface area contributed by atoms with E-state index >= 15 is 0 Å². The zero-order chi connectivity index (χ0) is 18.4. The van der Waals surface area contributed by atoms with Crippen LogP contribution >= 0.6 is 0 Å². The number of carbonyl (C=O) groups is 2. The summed E-state index contributed by atoms with van der Waals surface area (Å²) in [5.74, 6) is -0.582. The molecule has 134 valence electrons. The predicted octanol–water partition coefficient (Wildman–Crippen LogP) is 2.15. The van der Waals surface area contributed by atoms with Crippen LogP contribution in [0.15, 0.2) is 18.2 Å². The van der Waals surface area contributed by atoms with Crippen LogP contribution in [0.2, 0.25) is 0 Å². The van der Waals surface area contributed by atoms with E-state index in [1.807, 2.05) is 32.0 Å². The van der Waals surface area contributed by atoms with Crippen LogP contribution in [-0.2, 0) is 27.2 Å². The van der Waals surface area contributed by atoms with Crippen LogP contribution in [0.3, 0.4) is 0 Å². The van der Waals surface area contributed by atoms with Crippen LogP contribution in [0.1, 0.15) is 38.3 Å². The average molecular weight is 344 g/mol. The van der Waals surface area contributed by atoms with Gasteiger partial charge in [0.2, 0.25) is 0 Å². The van der Waals surface area contributed by atoms with Gasteiger partial charge in [-0.3, -0.25) is 4.79 Å². The lowest BCUT2D eigenvalue weighted by Crippen LogP contribution is -2.50. The molecule has 1 aromatic rings. The van der Waals surface area contributed by atoms with Crippen molar-refractivity contribution in [2.75, 3.05) is 13.2 Å². The van der Waals surface area contributed by atoms with Gasteiger partial charge in [0, 0.05) is 0 Å². The van der Waals surface area contributed by atoms with Crippen molar-refractivity contribution in [1.82, 2.24) is 5.32 Å². The molecule has 1 aliphatic rings. The molecule has 1 atom stereocenters. The predicted molar refractivity (Wildman–Crippen MR) is 91.9 cm³/mol. The van der Waals surface area contributed by atoms with Crippen LogP contribution < -0.4 is 10.1 Å². The summed E-state index contributed by atoms with van der Waals surface area (Å²) in [5.41, 5.74) is 1.59. The van der Waals surface area contributed by atoms with E-state index in [9.17, 15) is 9.59 Å². The summed E-state index contributed by atoms with van der Waals surface area (Å²) in [7, 11) is 0. The second-order valence-electron chi connectivity index (χ2n) is 6.75. The number of amides is 1. The molecule has 6 heteroatoms. The van der Waals surface area contributed by atoms with Crippen molar-refractivity contribution in [3.8, 4) is 11.8 Å². The molecule has 0 saturated carbocycles. The Hall–Kier alpha value is -2.55. The number of benzene rings is 1. The first kappa shape index (κ1) is 18.8. The van der Waals surface area contributed by atoms with Gasteiger partial charge in [-0.05, 0) is 55.4 Å². The number of aryl methyl sites for hydroxylation is 2. The van der Waals surface area contributed by atoms with Crippen LogP contribution in [0, 0.1) is 17.2 Å². The Morgan fingerprint density at radius 1 is 1.28 bits per heavy atom. The van der Waals surface area contributed by atoms with E-state index in [0.717, 1.165) is 19.3 Å². The first-order chi connectivity index (χ1) is 11.8. The number of esters is 1. The molecule has 0 fully saturated rings. The fourth-order valence-electron chi connectivity index (χ4n) is 2.60. The van der Waals surface area contributed by atoms with E-state index in [1.165, 1.54) is 11.1 Å². The monoisotopic (exact) mass is 344 g/mol. The molecule has 1 aliphatic carbocycles. The summed E-state index contributed by atoms with van der Waals surface area (Å²) in [6.45, 7) is 4.61. The maximum Gasteiger partial charge on any atom is 0.344 e. The van der Waals surface area contributed by atoms with Gasteiger partial charge in [-0.25, -0.2) is 4.79 Å². The molecule has 0 unspecified atom stereocenters. The Bertz CT molecular complexity index is 693. The molecule has 0 radical (unpaired) electrons. The molecule has 0 aromatic heterocycles. The number of nitrogens with zero attached hydrogens (tertiary/aromatic N) is 1. The van der Waals surface area contributed by atoms with Crippen molar-refractivity contribution in [2.24, 2.45) is 5.92 Å². The highest BCUT2D eigenvalue weighted by atomic mass is 16.6. The van der Waals surface area contributed by atoms with E-state index in [2.05, 4.69) is 11.4 Å². The Kier molecular flexibility index (Phi) is 6.02. The topological polar surface area (TPSA) is 88.4 Å². The number of nitriles is 1. The Labute approximate surface area is 148 Å². The lowest BCUT2D eigenvalue weighted by atomic mass is 9.90. The standard InChI is InChI=1S/C19H24N2O4/c1-13(2)19(3,12-20)21-17(22)10-25-18(23)11-24-16-8-7-14-5-4-6-15(14)9-16/h7-9,13H,4-6,10-11H2,1-3H3,(H,21,22)/t19-/m0/s1. The number of carbonyl (C=O) groups excluding carboxylic acids is 2. The van der Waals surface area contributed by atoms with Gasteiger partial charge in [0.1, 0.15) is 11.3 Å². The van der Waals surface area contributed by atoms with Gasteiger partial charge in [0.15, 0.2) is 13.2 Å². The third-order valence-electron chi connectivity index (χ3n) is 4.58. The average Bonchev–Trinajstić information content (AvgIpc) is 3.05. The highest BCUT2D eigenvalue weighted by molar-refractivity contribution is 5.81. The lowest BCUT2D eigenvalue weighted by molar-refractivity contribution is -0.150. The molecule has 1 aromatic carbocycles. The largest absolute Gasteiger partial charge is 0.482 e. The van der Waals surface area contributed by atoms with Gasteiger partial charge < -0.3 is 14.8 Å². The number of nitrogens with one attached hydrogen (secondary N) is 1. The third kappa shape index (κ3) is 4.96. The van der Waals surface area contributed by atoms with Gasteiger partial charge >= 0.3 is 5.97 Å². The Balaban J connectivity index is 1.75. The van der Waals surface area contributed by atoms with Crippen LogP contribution in [-0.4, -0.2) is 30.6 Å². The van der Waals surface area contributed by atoms with Gasteiger partial charge in [-0.1, -0.05) is 19.9 Å². The number of fused-ring (bicyclic) bond motifs is 1.